The summed E-state index contributed by atoms with van der Waals surface area (Å²) < 4.78 is 14.7. The van der Waals surface area contributed by atoms with E-state index in [1.807, 2.05) is 4.90 Å². The molecule has 0 saturated heterocycles. The van der Waals surface area contributed by atoms with E-state index in [9.17, 15) is 4.79 Å². The highest BCUT2D eigenvalue weighted by Crippen LogP contribution is 2.41. The molecule has 1 aliphatic carbocycles. The molecule has 0 radical (unpaired) electrons. The molecule has 0 atom stereocenters. The summed E-state index contributed by atoms with van der Waals surface area (Å²) in [6.07, 6.45) is 8.46. The van der Waals surface area contributed by atoms with E-state index in [1.165, 1.54) is 12.8 Å². The van der Waals surface area contributed by atoms with Gasteiger partial charge in [0.2, 0.25) is 0 Å². The van der Waals surface area contributed by atoms with Gasteiger partial charge in [-0.15, -0.1) is 0 Å². The van der Waals surface area contributed by atoms with Crippen LogP contribution >= 0.6 is 0 Å². The number of ether oxygens (including phenoxy) is 1. The van der Waals surface area contributed by atoms with Gasteiger partial charge in [-0.2, -0.15) is 0 Å². The number of rotatable bonds is 10. The summed E-state index contributed by atoms with van der Waals surface area (Å²) in [6.45, 7) is 24.3. The summed E-state index contributed by atoms with van der Waals surface area (Å²) in [5.41, 5.74) is 2.70. The van der Waals surface area contributed by atoms with Crippen LogP contribution in [0, 0.1) is 5.92 Å². The van der Waals surface area contributed by atoms with Crippen LogP contribution in [0.25, 0.3) is 11.0 Å². The molecule has 1 saturated carbocycles. The highest BCUT2D eigenvalue weighted by atomic mass is 28.4. The summed E-state index contributed by atoms with van der Waals surface area (Å²) in [4.78, 5) is 22.6. The maximum Gasteiger partial charge on any atom is 0.258 e. The Morgan fingerprint density at radius 3 is 2.38 bits per heavy atom. The van der Waals surface area contributed by atoms with Crippen LogP contribution in [0.4, 0.5) is 5.69 Å². The second-order valence-corrected chi connectivity index (χ2v) is 24.8. The predicted molar refractivity (Wildman–Crippen MR) is 167 cm³/mol. The van der Waals surface area contributed by atoms with Crippen molar-refractivity contribution in [2.75, 3.05) is 31.3 Å². The quantitative estimate of drug-likeness (QED) is 0.223. The molecule has 1 fully saturated rings. The smallest absolute Gasteiger partial charge is 0.258 e. The second-order valence-electron chi connectivity index (χ2n) is 14.4. The zero-order chi connectivity index (χ0) is 28.6. The third kappa shape index (κ3) is 6.80. The summed E-state index contributed by atoms with van der Waals surface area (Å²) in [5.74, 6) is 0.712. The number of anilines is 1. The van der Waals surface area contributed by atoms with Crippen molar-refractivity contribution in [2.45, 2.75) is 110 Å². The van der Waals surface area contributed by atoms with Gasteiger partial charge in [-0.3, -0.25) is 4.79 Å². The Hall–Kier alpha value is -1.69. The van der Waals surface area contributed by atoms with Gasteiger partial charge in [0.1, 0.15) is 12.4 Å². The van der Waals surface area contributed by atoms with Crippen molar-refractivity contribution in [3.63, 3.8) is 0 Å². The Balaban J connectivity index is 1.51. The molecule has 0 N–H and O–H groups in total. The van der Waals surface area contributed by atoms with Gasteiger partial charge in [0.25, 0.3) is 5.91 Å². The molecule has 7 nitrogen and oxygen atoms in total. The van der Waals surface area contributed by atoms with Gasteiger partial charge in [0, 0.05) is 51.7 Å². The number of nitrogens with zero attached hydrogens (tertiary/aromatic N) is 4. The van der Waals surface area contributed by atoms with Gasteiger partial charge in [-0.05, 0) is 68.8 Å². The van der Waals surface area contributed by atoms with E-state index in [2.05, 4.69) is 82.2 Å². The van der Waals surface area contributed by atoms with E-state index in [4.69, 9.17) is 14.1 Å². The first kappa shape index (κ1) is 30.3. The number of pyridine rings is 1. The molecule has 2 aromatic heterocycles. The molecule has 2 aromatic rings. The first-order valence-corrected chi connectivity index (χ1v) is 21.6. The fourth-order valence-electron chi connectivity index (χ4n) is 5.43. The predicted octanol–water partition coefficient (Wildman–Crippen LogP) is 7.17. The maximum absolute atomic E-state index is 13.4. The molecule has 0 spiro atoms. The van der Waals surface area contributed by atoms with Crippen LogP contribution in [-0.4, -0.2) is 69.2 Å². The van der Waals surface area contributed by atoms with Crippen molar-refractivity contribution in [3.8, 4) is 0 Å². The number of fused-ring (bicyclic) bond motifs is 3. The summed E-state index contributed by atoms with van der Waals surface area (Å²) in [5, 5.41) is 1.31. The maximum atomic E-state index is 13.4. The fourth-order valence-corrected chi connectivity index (χ4v) is 7.28. The van der Waals surface area contributed by atoms with E-state index in [0.717, 1.165) is 54.4 Å². The van der Waals surface area contributed by atoms with Gasteiger partial charge in [-0.25, -0.2) is 4.98 Å². The van der Waals surface area contributed by atoms with Crippen LogP contribution in [0.1, 0.15) is 63.7 Å². The number of hydrogen-bond donors (Lipinski definition) is 0. The Morgan fingerprint density at radius 2 is 1.77 bits per heavy atom. The second kappa shape index (κ2) is 11.7. The summed E-state index contributed by atoms with van der Waals surface area (Å²) in [6, 6.07) is 3.69. The topological polar surface area (TPSA) is 59.8 Å². The third-order valence-corrected chi connectivity index (χ3v) is 15.4. The Bertz CT molecular complexity index is 1140. The van der Waals surface area contributed by atoms with E-state index < -0.39 is 16.4 Å². The van der Waals surface area contributed by atoms with Crippen LogP contribution < -0.4 is 4.90 Å². The lowest BCUT2D eigenvalue weighted by Gasteiger charge is -2.45. The number of hydrogen-bond acceptors (Lipinski definition) is 5. The largest absolute Gasteiger partial charge is 0.417 e. The molecule has 0 bridgehead atoms. The van der Waals surface area contributed by atoms with E-state index in [0.29, 0.717) is 31.9 Å². The van der Waals surface area contributed by atoms with Gasteiger partial charge >= 0.3 is 0 Å². The van der Waals surface area contributed by atoms with Crippen LogP contribution in [0.15, 0.2) is 18.5 Å². The van der Waals surface area contributed by atoms with Crippen molar-refractivity contribution in [2.24, 2.45) is 5.92 Å². The normalized spacial score (nSPS) is 21.1. The number of amides is 1. The van der Waals surface area contributed by atoms with E-state index in [-0.39, 0.29) is 10.9 Å². The van der Waals surface area contributed by atoms with Gasteiger partial charge in [0.15, 0.2) is 8.32 Å². The van der Waals surface area contributed by atoms with Crippen molar-refractivity contribution >= 4 is 39.0 Å². The molecule has 0 aromatic carbocycles. The van der Waals surface area contributed by atoms with E-state index >= 15 is 0 Å². The number of aromatic nitrogens is 2. The van der Waals surface area contributed by atoms with Crippen molar-refractivity contribution in [1.82, 2.24) is 14.5 Å². The van der Waals surface area contributed by atoms with Crippen molar-refractivity contribution in [1.29, 1.82) is 0 Å². The molecule has 2 aliphatic rings. The number of carbonyl (C=O) groups is 1. The molecular formula is C30H52N4O3Si2. The minimum Gasteiger partial charge on any atom is -0.417 e. The molecular weight excluding hydrogens is 521 g/mol. The highest BCUT2D eigenvalue weighted by Gasteiger charge is 2.39. The van der Waals surface area contributed by atoms with Gasteiger partial charge < -0.3 is 23.5 Å². The van der Waals surface area contributed by atoms with Crippen LogP contribution in [0.5, 0.6) is 0 Å². The molecule has 9 heteroatoms. The lowest BCUT2D eigenvalue weighted by Crippen LogP contribution is -2.52. The Morgan fingerprint density at radius 1 is 1.08 bits per heavy atom. The molecule has 0 unspecified atom stereocenters. The minimum atomic E-state index is -1.73. The first-order valence-electron chi connectivity index (χ1n) is 15.0. The standard InChI is InChI=1S/C30H52N4O3Si2/c1-10-32-21-34(24-13-11-23(12-14-24)20-37-39(8,9)30(2,3)4)27-25-15-16-33(22-36-17-18-38(5,6)7)28(25)31-19-26(27)29(32)35/h15-16,19,23-24H,10-14,17-18,20-22H2,1-9H3/t23-,24-. The average molecular weight is 573 g/mol. The SMILES string of the molecule is CCN1CN([C@H]2CC[C@H](CO[Si](C)(C)C(C)(C)C)CC2)c2c(cnc3c2ccn3COCC[Si](C)(C)C)C1=O. The van der Waals surface area contributed by atoms with Crippen LogP contribution in [0.2, 0.25) is 43.8 Å². The molecule has 39 heavy (non-hydrogen) atoms. The van der Waals surface area contributed by atoms with E-state index in [1.54, 1.807) is 6.20 Å². The monoisotopic (exact) mass is 572 g/mol. The molecule has 3 heterocycles. The average Bonchev–Trinajstić information content (AvgIpc) is 3.28. The molecule has 1 aliphatic heterocycles. The third-order valence-electron chi connectivity index (χ3n) is 9.24. The summed E-state index contributed by atoms with van der Waals surface area (Å²) >= 11 is 0. The van der Waals surface area contributed by atoms with Crippen LogP contribution in [0.3, 0.4) is 0 Å². The molecule has 4 rings (SSSR count). The minimum absolute atomic E-state index is 0.0914. The number of carbonyl (C=O) groups excluding carboxylic acids is 1. The van der Waals surface area contributed by atoms with Gasteiger partial charge in [-0.1, -0.05) is 40.4 Å². The first-order chi connectivity index (χ1) is 18.2. The lowest BCUT2D eigenvalue weighted by atomic mass is 9.85. The fraction of sp³-hybridized carbons (Fsp3) is 0.733. The molecule has 1 amide bonds. The highest BCUT2D eigenvalue weighted by molar-refractivity contribution is 6.76. The van der Waals surface area contributed by atoms with Crippen molar-refractivity contribution in [3.05, 3.63) is 24.0 Å². The van der Waals surface area contributed by atoms with Crippen LogP contribution in [-0.2, 0) is 15.9 Å². The van der Waals surface area contributed by atoms with Gasteiger partial charge in [0.05, 0.1) is 17.9 Å². The zero-order valence-electron chi connectivity index (χ0n) is 26.0. The molecule has 218 valence electrons. The van der Waals surface area contributed by atoms with Crippen molar-refractivity contribution < 1.29 is 14.0 Å². The zero-order valence-corrected chi connectivity index (χ0v) is 28.0. The summed E-state index contributed by atoms with van der Waals surface area (Å²) in [7, 11) is -2.86. The lowest BCUT2D eigenvalue weighted by molar-refractivity contribution is 0.0740. The Kier molecular flexibility index (Phi) is 9.05. The Labute approximate surface area is 238 Å².